The Labute approximate surface area is 165 Å². The lowest BCUT2D eigenvalue weighted by molar-refractivity contribution is -0.138. The molecule has 1 atom stereocenters. The fourth-order valence-electron chi connectivity index (χ4n) is 3.08. The van der Waals surface area contributed by atoms with Crippen molar-refractivity contribution in [2.45, 2.75) is 38.1 Å². The molecule has 0 amide bonds. The third-order valence-electron chi connectivity index (χ3n) is 4.47. The molecule has 1 saturated heterocycles. The van der Waals surface area contributed by atoms with Gasteiger partial charge in [0.1, 0.15) is 0 Å². The molecular formula is C20H19F6O2P. The van der Waals surface area contributed by atoms with Crippen molar-refractivity contribution in [3.63, 3.8) is 0 Å². The molecule has 1 unspecified atom stereocenters. The summed E-state index contributed by atoms with van der Waals surface area (Å²) >= 11 is 0. The molecule has 0 saturated carbocycles. The third-order valence-corrected chi connectivity index (χ3v) is 7.08. The minimum atomic E-state index is -4.46. The van der Waals surface area contributed by atoms with Gasteiger partial charge >= 0.3 is 12.4 Å². The molecule has 0 spiro atoms. The lowest BCUT2D eigenvalue weighted by Gasteiger charge is -2.23. The van der Waals surface area contributed by atoms with Gasteiger partial charge in [-0.15, -0.1) is 0 Å². The van der Waals surface area contributed by atoms with E-state index in [-0.39, 0.29) is 6.10 Å². The monoisotopic (exact) mass is 436 g/mol. The second-order valence-corrected chi connectivity index (χ2v) is 9.40. The Balaban J connectivity index is 1.91. The Morgan fingerprint density at radius 3 is 1.55 bits per heavy atom. The summed E-state index contributed by atoms with van der Waals surface area (Å²) in [5.41, 5.74) is -1.55. The SMILES string of the molecule is CC1(C)OCC(CP(c2ccc(C(F)(F)F)cc2)c2ccc(C(F)(F)F)cc2)O1. The molecular weight excluding hydrogens is 417 g/mol. The van der Waals surface area contributed by atoms with Crippen molar-refractivity contribution in [3.8, 4) is 0 Å². The summed E-state index contributed by atoms with van der Waals surface area (Å²) in [6, 6.07) is 9.49. The van der Waals surface area contributed by atoms with Gasteiger partial charge in [0.25, 0.3) is 0 Å². The number of hydrogen-bond donors (Lipinski definition) is 0. The van der Waals surface area contributed by atoms with Crippen LogP contribution in [0.15, 0.2) is 48.5 Å². The van der Waals surface area contributed by atoms with Crippen LogP contribution in [0.4, 0.5) is 26.3 Å². The van der Waals surface area contributed by atoms with E-state index in [1.165, 1.54) is 24.3 Å². The van der Waals surface area contributed by atoms with Crippen LogP contribution in [0, 0.1) is 0 Å². The first kappa shape index (κ1) is 22.1. The maximum Gasteiger partial charge on any atom is 0.416 e. The Bertz CT molecular complexity index is 771. The normalized spacial score (nSPS) is 19.7. The van der Waals surface area contributed by atoms with Gasteiger partial charge in [0, 0.05) is 6.16 Å². The molecule has 1 heterocycles. The number of halogens is 6. The van der Waals surface area contributed by atoms with Gasteiger partial charge in [-0.2, -0.15) is 26.3 Å². The maximum atomic E-state index is 12.9. The van der Waals surface area contributed by atoms with Gasteiger partial charge in [0.2, 0.25) is 0 Å². The quantitative estimate of drug-likeness (QED) is 0.478. The first-order chi connectivity index (χ1) is 13.4. The zero-order valence-corrected chi connectivity index (χ0v) is 16.5. The van der Waals surface area contributed by atoms with Crippen LogP contribution in [0.3, 0.4) is 0 Å². The van der Waals surface area contributed by atoms with Crippen LogP contribution >= 0.6 is 7.92 Å². The van der Waals surface area contributed by atoms with Crippen LogP contribution in [0.25, 0.3) is 0 Å². The molecule has 2 nitrogen and oxygen atoms in total. The summed E-state index contributed by atoms with van der Waals surface area (Å²) in [5, 5.41) is 1.25. The smallest absolute Gasteiger partial charge is 0.348 e. The Morgan fingerprint density at radius 1 is 0.828 bits per heavy atom. The molecule has 2 aromatic rings. The largest absolute Gasteiger partial charge is 0.416 e. The predicted octanol–water partition coefficient (Wildman–Crippen LogP) is 5.31. The van der Waals surface area contributed by atoms with Gasteiger partial charge in [-0.1, -0.05) is 24.3 Å². The zero-order valence-electron chi connectivity index (χ0n) is 15.6. The second-order valence-electron chi connectivity index (χ2n) is 7.15. The molecule has 1 aliphatic rings. The van der Waals surface area contributed by atoms with Crippen molar-refractivity contribution in [1.29, 1.82) is 0 Å². The molecule has 0 bridgehead atoms. The van der Waals surface area contributed by atoms with Crippen LogP contribution < -0.4 is 10.6 Å². The Morgan fingerprint density at radius 2 is 1.24 bits per heavy atom. The lowest BCUT2D eigenvalue weighted by atomic mass is 10.2. The first-order valence-electron chi connectivity index (χ1n) is 8.79. The van der Waals surface area contributed by atoms with E-state index < -0.39 is 37.2 Å². The van der Waals surface area contributed by atoms with Crippen molar-refractivity contribution in [2.24, 2.45) is 0 Å². The molecule has 158 valence electrons. The van der Waals surface area contributed by atoms with Gasteiger partial charge in [-0.05, 0) is 56.6 Å². The van der Waals surface area contributed by atoms with E-state index >= 15 is 0 Å². The van der Waals surface area contributed by atoms with E-state index in [0.29, 0.717) is 23.4 Å². The predicted molar refractivity (Wildman–Crippen MR) is 98.8 cm³/mol. The molecule has 2 aromatic carbocycles. The average Bonchev–Trinajstić information content (AvgIpc) is 2.97. The summed E-state index contributed by atoms with van der Waals surface area (Å²) in [5.74, 6) is -0.772. The summed E-state index contributed by atoms with van der Waals surface area (Å²) < 4.78 is 88.6. The Kier molecular flexibility index (Phi) is 6.01. The van der Waals surface area contributed by atoms with Gasteiger partial charge in [0.15, 0.2) is 5.79 Å². The van der Waals surface area contributed by atoms with Crippen molar-refractivity contribution in [1.82, 2.24) is 0 Å². The van der Waals surface area contributed by atoms with Crippen LogP contribution in [-0.2, 0) is 21.8 Å². The first-order valence-corrected chi connectivity index (χ1v) is 10.3. The van der Waals surface area contributed by atoms with E-state index in [1.807, 2.05) is 0 Å². The van der Waals surface area contributed by atoms with Crippen LogP contribution in [-0.4, -0.2) is 24.7 Å². The highest BCUT2D eigenvalue weighted by atomic mass is 31.1. The Hall–Kier alpha value is -1.63. The van der Waals surface area contributed by atoms with Crippen molar-refractivity contribution < 1.29 is 35.8 Å². The van der Waals surface area contributed by atoms with E-state index in [2.05, 4.69) is 0 Å². The van der Waals surface area contributed by atoms with Gasteiger partial charge in [-0.3, -0.25) is 0 Å². The van der Waals surface area contributed by atoms with Crippen LogP contribution in [0.2, 0.25) is 0 Å². The van der Waals surface area contributed by atoms with E-state index in [1.54, 1.807) is 13.8 Å². The third kappa shape index (κ3) is 5.50. The fraction of sp³-hybridized carbons (Fsp3) is 0.400. The van der Waals surface area contributed by atoms with Gasteiger partial charge < -0.3 is 9.47 Å². The van der Waals surface area contributed by atoms with Crippen molar-refractivity contribution in [2.75, 3.05) is 12.8 Å². The van der Waals surface area contributed by atoms with Crippen LogP contribution in [0.5, 0.6) is 0 Å². The fourth-order valence-corrected chi connectivity index (χ4v) is 5.40. The van der Waals surface area contributed by atoms with Crippen LogP contribution in [0.1, 0.15) is 25.0 Å². The summed E-state index contributed by atoms with van der Waals surface area (Å²) in [6.45, 7) is 3.82. The maximum absolute atomic E-state index is 12.9. The highest BCUT2D eigenvalue weighted by Gasteiger charge is 2.36. The molecule has 9 heteroatoms. The molecule has 1 aliphatic heterocycles. The molecule has 0 radical (unpaired) electrons. The standard InChI is InChI=1S/C20H19F6O2P/c1-18(2)27-11-15(28-18)12-29(16-7-3-13(4-8-16)19(21,22)23)17-9-5-14(6-10-17)20(24,25)26/h3-10,15H,11-12H2,1-2H3. The summed E-state index contributed by atoms with van der Waals surface area (Å²) in [6.07, 6.45) is -8.79. The van der Waals surface area contributed by atoms with E-state index in [9.17, 15) is 26.3 Å². The second kappa shape index (κ2) is 7.89. The van der Waals surface area contributed by atoms with Crippen molar-refractivity contribution in [3.05, 3.63) is 59.7 Å². The minimum Gasteiger partial charge on any atom is -0.348 e. The van der Waals surface area contributed by atoms with E-state index in [4.69, 9.17) is 9.47 Å². The van der Waals surface area contributed by atoms with Gasteiger partial charge in [0.05, 0.1) is 23.8 Å². The average molecular weight is 436 g/mol. The number of hydrogen-bond acceptors (Lipinski definition) is 2. The minimum absolute atomic E-state index is 0.305. The molecule has 0 N–H and O–H groups in total. The molecule has 0 aliphatic carbocycles. The number of benzene rings is 2. The molecule has 1 fully saturated rings. The summed E-state index contributed by atoms with van der Waals surface area (Å²) in [7, 11) is -1.24. The van der Waals surface area contributed by atoms with Gasteiger partial charge in [-0.25, -0.2) is 0 Å². The lowest BCUT2D eigenvalue weighted by Crippen LogP contribution is -2.26. The highest BCUT2D eigenvalue weighted by molar-refractivity contribution is 7.73. The zero-order chi connectivity index (χ0) is 21.4. The number of alkyl halides is 6. The highest BCUT2D eigenvalue weighted by Crippen LogP contribution is 2.39. The number of ether oxygens (including phenoxy) is 2. The molecule has 0 aromatic heterocycles. The summed E-state index contributed by atoms with van der Waals surface area (Å²) in [4.78, 5) is 0. The number of rotatable bonds is 4. The molecule has 29 heavy (non-hydrogen) atoms. The van der Waals surface area contributed by atoms with Crippen molar-refractivity contribution >= 4 is 18.5 Å². The molecule has 3 rings (SSSR count). The van der Waals surface area contributed by atoms with E-state index in [0.717, 1.165) is 24.3 Å². The topological polar surface area (TPSA) is 18.5 Å².